The highest BCUT2D eigenvalue weighted by Crippen LogP contribution is 2.41. The van der Waals surface area contributed by atoms with Gasteiger partial charge < -0.3 is 5.73 Å². The third-order valence-electron chi connectivity index (χ3n) is 2.48. The number of thiophene rings is 1. The van der Waals surface area contributed by atoms with Crippen LogP contribution in [0.25, 0.3) is 0 Å². The molecule has 2 N–H and O–H groups in total. The molecule has 0 amide bonds. The molecule has 0 aliphatic heterocycles. The van der Waals surface area contributed by atoms with Gasteiger partial charge in [-0.25, -0.2) is 0 Å². The third-order valence-corrected chi connectivity index (χ3v) is 3.70. The van der Waals surface area contributed by atoms with Crippen molar-refractivity contribution in [3.05, 3.63) is 21.9 Å². The Kier molecular flexibility index (Phi) is 1.55. The number of aryl methyl sites for hydroxylation is 1. The summed E-state index contributed by atoms with van der Waals surface area (Å²) in [6.45, 7) is 2.14. The molecule has 0 aromatic carbocycles. The normalized spacial score (nSPS) is 21.3. The zero-order chi connectivity index (χ0) is 7.90. The predicted octanol–water partition coefficient (Wildman–Crippen LogP) is 2.39. The quantitative estimate of drug-likeness (QED) is 0.683. The topological polar surface area (TPSA) is 26.0 Å². The molecule has 0 unspecified atom stereocenters. The van der Waals surface area contributed by atoms with Gasteiger partial charge in [0, 0.05) is 9.75 Å². The zero-order valence-electron chi connectivity index (χ0n) is 6.76. The first-order chi connectivity index (χ1) is 5.21. The Hall–Kier alpha value is -0.340. The lowest BCUT2D eigenvalue weighted by Gasteiger charge is -2.37. The summed E-state index contributed by atoms with van der Waals surface area (Å²) in [7, 11) is 0. The van der Waals surface area contributed by atoms with E-state index < -0.39 is 0 Å². The fourth-order valence-corrected chi connectivity index (χ4v) is 2.53. The second-order valence-electron chi connectivity index (χ2n) is 3.42. The molecule has 0 bridgehead atoms. The van der Waals surface area contributed by atoms with E-state index in [2.05, 4.69) is 19.1 Å². The van der Waals surface area contributed by atoms with Crippen molar-refractivity contribution in [2.24, 2.45) is 5.73 Å². The van der Waals surface area contributed by atoms with Crippen molar-refractivity contribution in [1.82, 2.24) is 0 Å². The van der Waals surface area contributed by atoms with Gasteiger partial charge in [0.1, 0.15) is 0 Å². The molecular formula is C9H13NS. The number of hydrogen-bond donors (Lipinski definition) is 1. The fourth-order valence-electron chi connectivity index (χ4n) is 1.51. The molecule has 0 radical (unpaired) electrons. The van der Waals surface area contributed by atoms with Crippen LogP contribution in [-0.2, 0) is 5.54 Å². The van der Waals surface area contributed by atoms with Gasteiger partial charge in [-0.1, -0.05) is 0 Å². The summed E-state index contributed by atoms with van der Waals surface area (Å²) in [5.74, 6) is 0. The molecule has 1 nitrogen and oxygen atoms in total. The lowest BCUT2D eigenvalue weighted by molar-refractivity contribution is 0.259. The van der Waals surface area contributed by atoms with Gasteiger partial charge in [0.05, 0.1) is 5.54 Å². The van der Waals surface area contributed by atoms with E-state index in [4.69, 9.17) is 5.73 Å². The molecule has 1 aliphatic carbocycles. The second kappa shape index (κ2) is 2.32. The summed E-state index contributed by atoms with van der Waals surface area (Å²) in [5.41, 5.74) is 6.20. The molecule has 1 aromatic heterocycles. The van der Waals surface area contributed by atoms with E-state index in [1.54, 1.807) is 0 Å². The van der Waals surface area contributed by atoms with Gasteiger partial charge in [-0.15, -0.1) is 11.3 Å². The molecule has 0 atom stereocenters. The van der Waals surface area contributed by atoms with E-state index in [1.165, 1.54) is 29.0 Å². The van der Waals surface area contributed by atoms with Crippen LogP contribution in [0.15, 0.2) is 12.1 Å². The molecule has 1 saturated carbocycles. The van der Waals surface area contributed by atoms with Gasteiger partial charge in [-0.3, -0.25) is 0 Å². The van der Waals surface area contributed by atoms with E-state index >= 15 is 0 Å². The summed E-state index contributed by atoms with van der Waals surface area (Å²) in [4.78, 5) is 2.75. The third kappa shape index (κ3) is 1.10. The Morgan fingerprint density at radius 1 is 1.45 bits per heavy atom. The molecule has 0 spiro atoms. The molecule has 60 valence electrons. The minimum Gasteiger partial charge on any atom is -0.321 e. The summed E-state index contributed by atoms with van der Waals surface area (Å²) >= 11 is 1.85. The van der Waals surface area contributed by atoms with Crippen LogP contribution in [0.4, 0.5) is 0 Å². The largest absolute Gasteiger partial charge is 0.321 e. The Labute approximate surface area is 71.2 Å². The highest BCUT2D eigenvalue weighted by atomic mass is 32.1. The average Bonchev–Trinajstić information content (AvgIpc) is 2.31. The minimum absolute atomic E-state index is 0.0545. The number of nitrogens with two attached hydrogens (primary N) is 1. The molecule has 1 aromatic rings. The highest BCUT2D eigenvalue weighted by Gasteiger charge is 2.35. The zero-order valence-corrected chi connectivity index (χ0v) is 7.58. The Bertz CT molecular complexity index is 260. The van der Waals surface area contributed by atoms with E-state index in [1.807, 2.05) is 11.3 Å². The Morgan fingerprint density at radius 3 is 2.55 bits per heavy atom. The fraction of sp³-hybridized carbons (Fsp3) is 0.556. The number of rotatable bonds is 1. The molecule has 2 heteroatoms. The lowest BCUT2D eigenvalue weighted by Crippen LogP contribution is -2.42. The summed E-state index contributed by atoms with van der Waals surface area (Å²) in [6.07, 6.45) is 3.65. The van der Waals surface area contributed by atoms with Crippen LogP contribution in [0.5, 0.6) is 0 Å². The van der Waals surface area contributed by atoms with E-state index in [-0.39, 0.29) is 5.54 Å². The monoisotopic (exact) mass is 167 g/mol. The maximum Gasteiger partial charge on any atom is 0.0503 e. The molecule has 2 rings (SSSR count). The average molecular weight is 167 g/mol. The van der Waals surface area contributed by atoms with Crippen LogP contribution >= 0.6 is 11.3 Å². The highest BCUT2D eigenvalue weighted by molar-refractivity contribution is 7.12. The standard InChI is InChI=1S/C9H13NS/c1-7-3-4-8(11-7)9(10)5-2-6-9/h3-4H,2,5-6,10H2,1H3. The van der Waals surface area contributed by atoms with Gasteiger partial charge in [0.25, 0.3) is 0 Å². The van der Waals surface area contributed by atoms with Crippen molar-refractivity contribution < 1.29 is 0 Å². The van der Waals surface area contributed by atoms with Crippen LogP contribution in [0, 0.1) is 6.92 Å². The molecule has 1 heterocycles. The molecule has 1 fully saturated rings. The first kappa shape index (κ1) is 7.32. The second-order valence-corrected chi connectivity index (χ2v) is 4.71. The van der Waals surface area contributed by atoms with Crippen molar-refractivity contribution in [3.63, 3.8) is 0 Å². The van der Waals surface area contributed by atoms with Crippen LogP contribution in [0.2, 0.25) is 0 Å². The first-order valence-electron chi connectivity index (χ1n) is 4.06. The van der Waals surface area contributed by atoms with Crippen molar-refractivity contribution >= 4 is 11.3 Å². The minimum atomic E-state index is 0.0545. The van der Waals surface area contributed by atoms with Gasteiger partial charge in [0.15, 0.2) is 0 Å². The number of hydrogen-bond acceptors (Lipinski definition) is 2. The molecule has 11 heavy (non-hydrogen) atoms. The maximum atomic E-state index is 6.15. The SMILES string of the molecule is Cc1ccc(C2(N)CCC2)s1. The smallest absolute Gasteiger partial charge is 0.0503 e. The summed E-state index contributed by atoms with van der Waals surface area (Å²) in [6, 6.07) is 4.34. The van der Waals surface area contributed by atoms with Crippen molar-refractivity contribution in [2.75, 3.05) is 0 Å². The van der Waals surface area contributed by atoms with Gasteiger partial charge in [0.2, 0.25) is 0 Å². The van der Waals surface area contributed by atoms with Crippen molar-refractivity contribution in [2.45, 2.75) is 31.7 Å². The first-order valence-corrected chi connectivity index (χ1v) is 4.88. The molecule has 0 saturated heterocycles. The predicted molar refractivity (Wildman–Crippen MR) is 48.8 cm³/mol. The summed E-state index contributed by atoms with van der Waals surface area (Å²) < 4.78 is 0. The van der Waals surface area contributed by atoms with Crippen LogP contribution < -0.4 is 5.73 Å². The summed E-state index contributed by atoms with van der Waals surface area (Å²) in [5, 5.41) is 0. The van der Waals surface area contributed by atoms with Crippen LogP contribution in [0.3, 0.4) is 0 Å². The Balaban J connectivity index is 2.28. The van der Waals surface area contributed by atoms with E-state index in [9.17, 15) is 0 Å². The van der Waals surface area contributed by atoms with Gasteiger partial charge >= 0.3 is 0 Å². The maximum absolute atomic E-state index is 6.15. The van der Waals surface area contributed by atoms with Crippen molar-refractivity contribution in [1.29, 1.82) is 0 Å². The van der Waals surface area contributed by atoms with E-state index in [0.717, 1.165) is 0 Å². The van der Waals surface area contributed by atoms with Crippen molar-refractivity contribution in [3.8, 4) is 0 Å². The van der Waals surface area contributed by atoms with Crippen LogP contribution in [-0.4, -0.2) is 0 Å². The molecular weight excluding hydrogens is 154 g/mol. The van der Waals surface area contributed by atoms with Gasteiger partial charge in [-0.2, -0.15) is 0 Å². The van der Waals surface area contributed by atoms with E-state index in [0.29, 0.717) is 0 Å². The Morgan fingerprint density at radius 2 is 2.18 bits per heavy atom. The molecule has 1 aliphatic rings. The van der Waals surface area contributed by atoms with Crippen LogP contribution in [0.1, 0.15) is 29.0 Å². The lowest BCUT2D eigenvalue weighted by atomic mass is 9.77. The van der Waals surface area contributed by atoms with Gasteiger partial charge in [-0.05, 0) is 38.3 Å².